The lowest BCUT2D eigenvalue weighted by atomic mass is 9.86. The number of rotatable bonds is 3. The highest BCUT2D eigenvalue weighted by atomic mass is 35.5. The van der Waals surface area contributed by atoms with E-state index in [1.54, 1.807) is 0 Å². The summed E-state index contributed by atoms with van der Waals surface area (Å²) in [5.74, 6) is 0.951. The van der Waals surface area contributed by atoms with Gasteiger partial charge in [0.05, 0.1) is 5.02 Å². The van der Waals surface area contributed by atoms with Crippen molar-refractivity contribution < 1.29 is 4.79 Å². The van der Waals surface area contributed by atoms with Gasteiger partial charge >= 0.3 is 0 Å². The van der Waals surface area contributed by atoms with Crippen molar-refractivity contribution in [1.29, 1.82) is 0 Å². The summed E-state index contributed by atoms with van der Waals surface area (Å²) >= 11 is 13.5. The molecule has 0 saturated heterocycles. The number of hydrogen-bond donors (Lipinski definition) is 1. The normalized spacial score (nSPS) is 23.9. The molecule has 1 aliphatic rings. The van der Waals surface area contributed by atoms with E-state index in [1.807, 2.05) is 12.3 Å². The summed E-state index contributed by atoms with van der Waals surface area (Å²) in [4.78, 5) is 12.8. The molecule has 2 unspecified atom stereocenters. The van der Waals surface area contributed by atoms with Crippen molar-refractivity contribution in [2.75, 3.05) is 5.88 Å². The number of thiophene rings is 1. The van der Waals surface area contributed by atoms with Crippen molar-refractivity contribution in [2.45, 2.75) is 38.6 Å². The average Bonchev–Trinajstić information content (AvgIpc) is 2.71. The van der Waals surface area contributed by atoms with Gasteiger partial charge in [-0.05, 0) is 36.6 Å². The van der Waals surface area contributed by atoms with Gasteiger partial charge in [-0.25, -0.2) is 0 Å². The predicted octanol–water partition coefficient (Wildman–Crippen LogP) is 4.24. The van der Waals surface area contributed by atoms with Crippen LogP contribution in [0, 0.1) is 12.8 Å². The SMILES string of the molecule is Cc1csc(C(=O)NC2CCCCC2CCl)c1Cl. The summed E-state index contributed by atoms with van der Waals surface area (Å²) < 4.78 is 0. The molecule has 0 radical (unpaired) electrons. The fourth-order valence-electron chi connectivity index (χ4n) is 2.40. The lowest BCUT2D eigenvalue weighted by Crippen LogP contribution is -2.42. The quantitative estimate of drug-likeness (QED) is 0.832. The van der Waals surface area contributed by atoms with Crippen LogP contribution in [0.15, 0.2) is 5.38 Å². The minimum Gasteiger partial charge on any atom is -0.348 e. The Balaban J connectivity index is 2.04. The van der Waals surface area contributed by atoms with Gasteiger partial charge in [0.1, 0.15) is 4.88 Å². The summed E-state index contributed by atoms with van der Waals surface area (Å²) in [5.41, 5.74) is 0.962. The van der Waals surface area contributed by atoms with Gasteiger partial charge in [-0.3, -0.25) is 4.79 Å². The van der Waals surface area contributed by atoms with Gasteiger partial charge in [-0.2, -0.15) is 0 Å². The van der Waals surface area contributed by atoms with Crippen LogP contribution in [-0.2, 0) is 0 Å². The molecule has 2 rings (SSSR count). The number of carbonyl (C=O) groups is 1. The van der Waals surface area contributed by atoms with Crippen molar-refractivity contribution in [1.82, 2.24) is 5.32 Å². The molecule has 18 heavy (non-hydrogen) atoms. The van der Waals surface area contributed by atoms with Crippen molar-refractivity contribution >= 4 is 40.4 Å². The van der Waals surface area contributed by atoms with E-state index in [4.69, 9.17) is 23.2 Å². The van der Waals surface area contributed by atoms with Crippen LogP contribution in [0.25, 0.3) is 0 Å². The van der Waals surface area contributed by atoms with E-state index in [9.17, 15) is 4.79 Å². The fraction of sp³-hybridized carbons (Fsp3) is 0.615. The number of amides is 1. The Kier molecular flexibility index (Phi) is 4.93. The number of alkyl halides is 1. The predicted molar refractivity (Wildman–Crippen MR) is 78.0 cm³/mol. The summed E-state index contributed by atoms with van der Waals surface area (Å²) in [6, 6.07) is 0.197. The maximum absolute atomic E-state index is 12.2. The molecule has 2 nitrogen and oxygen atoms in total. The summed E-state index contributed by atoms with van der Waals surface area (Å²) in [6.07, 6.45) is 4.49. The number of carbonyl (C=O) groups excluding carboxylic acids is 1. The van der Waals surface area contributed by atoms with E-state index in [2.05, 4.69) is 5.32 Å². The van der Waals surface area contributed by atoms with Crippen LogP contribution in [0.2, 0.25) is 5.02 Å². The Bertz CT molecular complexity index is 433. The lowest BCUT2D eigenvalue weighted by Gasteiger charge is -2.30. The molecule has 1 aromatic heterocycles. The molecule has 5 heteroatoms. The van der Waals surface area contributed by atoms with Crippen molar-refractivity contribution in [3.8, 4) is 0 Å². The second kappa shape index (κ2) is 6.27. The molecule has 2 atom stereocenters. The van der Waals surface area contributed by atoms with Crippen molar-refractivity contribution in [3.05, 3.63) is 20.8 Å². The largest absolute Gasteiger partial charge is 0.348 e. The van der Waals surface area contributed by atoms with E-state index in [0.29, 0.717) is 21.7 Å². The van der Waals surface area contributed by atoms with Gasteiger partial charge in [-0.15, -0.1) is 22.9 Å². The number of hydrogen-bond acceptors (Lipinski definition) is 2. The third-order valence-electron chi connectivity index (χ3n) is 3.53. The van der Waals surface area contributed by atoms with Crippen LogP contribution in [-0.4, -0.2) is 17.8 Å². The Labute approximate surface area is 122 Å². The summed E-state index contributed by atoms with van der Waals surface area (Å²) in [5, 5.41) is 5.59. The lowest BCUT2D eigenvalue weighted by molar-refractivity contribution is 0.0915. The second-order valence-electron chi connectivity index (χ2n) is 4.84. The maximum atomic E-state index is 12.2. The molecule has 0 spiro atoms. The molecule has 0 aliphatic heterocycles. The van der Waals surface area contributed by atoms with E-state index in [-0.39, 0.29) is 11.9 Å². The molecule has 1 heterocycles. The summed E-state index contributed by atoms with van der Waals surface area (Å²) in [6.45, 7) is 1.91. The van der Waals surface area contributed by atoms with Gasteiger partial charge in [0.2, 0.25) is 0 Å². The Morgan fingerprint density at radius 2 is 2.22 bits per heavy atom. The third-order valence-corrected chi connectivity index (χ3v) is 5.62. The molecule has 1 amide bonds. The van der Waals surface area contributed by atoms with Crippen LogP contribution < -0.4 is 5.32 Å². The maximum Gasteiger partial charge on any atom is 0.263 e. The zero-order chi connectivity index (χ0) is 13.1. The van der Waals surface area contributed by atoms with Crippen molar-refractivity contribution in [3.63, 3.8) is 0 Å². The first-order chi connectivity index (χ1) is 8.63. The topological polar surface area (TPSA) is 29.1 Å². The molecule has 0 aromatic carbocycles. The first kappa shape index (κ1) is 14.2. The van der Waals surface area contributed by atoms with Gasteiger partial charge < -0.3 is 5.32 Å². The van der Waals surface area contributed by atoms with E-state index in [1.165, 1.54) is 17.8 Å². The minimum atomic E-state index is -0.0554. The van der Waals surface area contributed by atoms with E-state index >= 15 is 0 Å². The van der Waals surface area contributed by atoms with Gasteiger partial charge in [0.15, 0.2) is 0 Å². The average molecular weight is 306 g/mol. The molecule has 1 aliphatic carbocycles. The smallest absolute Gasteiger partial charge is 0.263 e. The van der Waals surface area contributed by atoms with Crippen LogP contribution >= 0.6 is 34.5 Å². The van der Waals surface area contributed by atoms with Crippen LogP contribution in [0.3, 0.4) is 0 Å². The molecule has 1 aromatic rings. The van der Waals surface area contributed by atoms with Gasteiger partial charge in [-0.1, -0.05) is 24.4 Å². The Morgan fingerprint density at radius 1 is 1.50 bits per heavy atom. The monoisotopic (exact) mass is 305 g/mol. The fourth-order valence-corrected chi connectivity index (χ4v) is 3.95. The molecule has 1 fully saturated rings. The third kappa shape index (κ3) is 3.01. The molecule has 0 bridgehead atoms. The highest BCUT2D eigenvalue weighted by Crippen LogP contribution is 2.29. The van der Waals surface area contributed by atoms with Crippen LogP contribution in [0.4, 0.5) is 0 Å². The molecule has 100 valence electrons. The minimum absolute atomic E-state index is 0.0554. The summed E-state index contributed by atoms with van der Waals surface area (Å²) in [7, 11) is 0. The zero-order valence-corrected chi connectivity index (χ0v) is 12.7. The number of aryl methyl sites for hydroxylation is 1. The Hall–Kier alpha value is -0.250. The first-order valence-corrected chi connectivity index (χ1v) is 8.03. The zero-order valence-electron chi connectivity index (χ0n) is 10.3. The van der Waals surface area contributed by atoms with Gasteiger partial charge in [0.25, 0.3) is 5.91 Å². The number of halogens is 2. The number of nitrogens with one attached hydrogen (secondary N) is 1. The first-order valence-electron chi connectivity index (χ1n) is 6.24. The highest BCUT2D eigenvalue weighted by Gasteiger charge is 2.27. The molecule has 1 saturated carbocycles. The van der Waals surface area contributed by atoms with Crippen LogP contribution in [0.5, 0.6) is 0 Å². The second-order valence-corrected chi connectivity index (χ2v) is 6.41. The standard InChI is InChI=1S/C13H17Cl2NOS/c1-8-7-18-12(11(8)15)13(17)16-10-5-3-2-4-9(10)6-14/h7,9-10H,2-6H2,1H3,(H,16,17). The molecular weight excluding hydrogens is 289 g/mol. The van der Waals surface area contributed by atoms with Crippen molar-refractivity contribution in [2.24, 2.45) is 5.92 Å². The highest BCUT2D eigenvalue weighted by molar-refractivity contribution is 7.13. The Morgan fingerprint density at radius 3 is 2.83 bits per heavy atom. The molecular formula is C13H17Cl2NOS. The van der Waals surface area contributed by atoms with E-state index < -0.39 is 0 Å². The van der Waals surface area contributed by atoms with Crippen LogP contribution in [0.1, 0.15) is 40.9 Å². The van der Waals surface area contributed by atoms with Gasteiger partial charge in [0, 0.05) is 11.9 Å². The van der Waals surface area contributed by atoms with E-state index in [0.717, 1.165) is 24.8 Å². The molecule has 1 N–H and O–H groups in total.